The van der Waals surface area contributed by atoms with E-state index in [1.807, 2.05) is 0 Å². The molecule has 8 heteroatoms. The van der Waals surface area contributed by atoms with Crippen molar-refractivity contribution in [3.63, 3.8) is 0 Å². The van der Waals surface area contributed by atoms with Gasteiger partial charge in [-0.25, -0.2) is 4.79 Å². The molecule has 4 nitrogen and oxygen atoms in total. The van der Waals surface area contributed by atoms with Crippen molar-refractivity contribution in [2.24, 2.45) is 0 Å². The van der Waals surface area contributed by atoms with Crippen molar-refractivity contribution in [3.8, 4) is 11.5 Å². The number of halogens is 4. The average Bonchev–Trinajstić information content (AvgIpc) is 2.26. The number of benzene rings is 1. The van der Waals surface area contributed by atoms with Crippen LogP contribution in [0, 0.1) is 0 Å². The molecule has 0 aliphatic heterocycles. The molecule has 0 bridgehead atoms. The minimum Gasteiger partial charge on any atom is -0.478 e. The molecule has 0 radical (unpaired) electrons. The van der Waals surface area contributed by atoms with Crippen molar-refractivity contribution in [1.82, 2.24) is 0 Å². The van der Waals surface area contributed by atoms with Gasteiger partial charge >= 0.3 is 19.2 Å². The van der Waals surface area contributed by atoms with E-state index in [0.29, 0.717) is 6.08 Å². The summed E-state index contributed by atoms with van der Waals surface area (Å²) >= 11 is 0. The van der Waals surface area contributed by atoms with E-state index in [1.165, 1.54) is 0 Å². The van der Waals surface area contributed by atoms with E-state index in [0.717, 1.165) is 24.3 Å². The molecule has 1 N–H and O–H groups in total. The molecule has 0 spiro atoms. The Bertz CT molecular complexity index is 474. The third-order valence-corrected chi connectivity index (χ3v) is 1.83. The lowest BCUT2D eigenvalue weighted by Gasteiger charge is -2.10. The van der Waals surface area contributed by atoms with E-state index in [4.69, 9.17) is 5.11 Å². The summed E-state index contributed by atoms with van der Waals surface area (Å²) in [7, 11) is 0. The van der Waals surface area contributed by atoms with Crippen molar-refractivity contribution in [2.75, 3.05) is 0 Å². The van der Waals surface area contributed by atoms with Crippen molar-refractivity contribution in [2.45, 2.75) is 13.2 Å². The van der Waals surface area contributed by atoms with E-state index in [1.54, 1.807) is 0 Å². The molecule has 0 amide bonds. The second kappa shape index (κ2) is 6.62. The number of alkyl halides is 4. The minimum atomic E-state index is -3.18. The van der Waals surface area contributed by atoms with Crippen LogP contribution in [0.5, 0.6) is 11.5 Å². The Kier molecular flexibility index (Phi) is 5.16. The average molecular weight is 280 g/mol. The van der Waals surface area contributed by atoms with E-state index in [-0.39, 0.29) is 11.3 Å². The van der Waals surface area contributed by atoms with Crippen LogP contribution in [0.15, 0.2) is 24.3 Å². The number of rotatable bonds is 6. The van der Waals surface area contributed by atoms with Gasteiger partial charge in [0.1, 0.15) is 11.5 Å². The molecule has 0 atom stereocenters. The molecule has 0 unspecified atom stereocenters. The molecule has 104 valence electrons. The van der Waals surface area contributed by atoms with Gasteiger partial charge in [-0.1, -0.05) is 0 Å². The van der Waals surface area contributed by atoms with Gasteiger partial charge in [-0.2, -0.15) is 17.6 Å². The second-order valence-electron chi connectivity index (χ2n) is 3.13. The maximum Gasteiger partial charge on any atom is 0.387 e. The minimum absolute atomic E-state index is 0.00989. The Hall–Kier alpha value is -2.25. The summed E-state index contributed by atoms with van der Waals surface area (Å²) in [5.41, 5.74) is -0.00989. The molecule has 0 aliphatic rings. The highest BCUT2D eigenvalue weighted by molar-refractivity contribution is 5.86. The molecule has 0 aromatic heterocycles. The smallest absolute Gasteiger partial charge is 0.387 e. The first-order chi connectivity index (χ1) is 8.88. The lowest BCUT2D eigenvalue weighted by molar-refractivity contribution is -0.131. The number of aliphatic carboxylic acids is 1. The fourth-order valence-corrected chi connectivity index (χ4v) is 1.19. The predicted molar refractivity (Wildman–Crippen MR) is 56.4 cm³/mol. The molecule has 1 rings (SSSR count). The van der Waals surface area contributed by atoms with Gasteiger partial charge in [-0.15, -0.1) is 0 Å². The Labute approximate surface area is 104 Å². The number of hydrogen-bond donors (Lipinski definition) is 1. The number of carboxylic acids is 1. The second-order valence-corrected chi connectivity index (χ2v) is 3.13. The fraction of sp³-hybridized carbons (Fsp3) is 0.182. The van der Waals surface area contributed by atoms with Gasteiger partial charge in [-0.05, 0) is 18.2 Å². The summed E-state index contributed by atoms with van der Waals surface area (Å²) in [6.45, 7) is -6.29. The van der Waals surface area contributed by atoms with Crippen LogP contribution >= 0.6 is 0 Å². The van der Waals surface area contributed by atoms with Gasteiger partial charge in [0, 0.05) is 17.7 Å². The van der Waals surface area contributed by atoms with Gasteiger partial charge in [-0.3, -0.25) is 0 Å². The Morgan fingerprint density at radius 2 is 1.79 bits per heavy atom. The summed E-state index contributed by atoms with van der Waals surface area (Å²) in [5.74, 6) is -2.14. The summed E-state index contributed by atoms with van der Waals surface area (Å²) in [4.78, 5) is 10.3. The zero-order valence-corrected chi connectivity index (χ0v) is 9.23. The Balaban J connectivity index is 3.05. The van der Waals surface area contributed by atoms with Crippen LogP contribution in [0.25, 0.3) is 6.08 Å². The number of carboxylic acid groups (broad SMARTS) is 1. The monoisotopic (exact) mass is 280 g/mol. The van der Waals surface area contributed by atoms with Crippen LogP contribution in [-0.2, 0) is 4.79 Å². The SMILES string of the molecule is O=C(O)/C=C/c1ccc(OC(F)F)cc1OC(F)F. The summed E-state index contributed by atoms with van der Waals surface area (Å²) < 4.78 is 56.3. The first-order valence-corrected chi connectivity index (χ1v) is 4.83. The maximum atomic E-state index is 12.1. The first kappa shape index (κ1) is 14.8. The van der Waals surface area contributed by atoms with Crippen LogP contribution in [0.1, 0.15) is 5.56 Å². The van der Waals surface area contributed by atoms with Crippen molar-refractivity contribution in [1.29, 1.82) is 0 Å². The lowest BCUT2D eigenvalue weighted by atomic mass is 10.2. The highest BCUT2D eigenvalue weighted by Gasteiger charge is 2.12. The van der Waals surface area contributed by atoms with Crippen LogP contribution in [-0.4, -0.2) is 24.3 Å². The van der Waals surface area contributed by atoms with Gasteiger partial charge < -0.3 is 14.6 Å². The van der Waals surface area contributed by atoms with Crippen molar-refractivity contribution >= 4 is 12.0 Å². The quantitative estimate of drug-likeness (QED) is 0.643. The molecule has 0 saturated carbocycles. The molecule has 1 aromatic rings. The molecular weight excluding hydrogens is 272 g/mol. The molecule has 1 aromatic carbocycles. The standard InChI is InChI=1S/C11H8F4O4/c12-10(13)18-7-3-1-6(2-4-9(16)17)8(5-7)19-11(14)15/h1-5,10-11H,(H,16,17)/b4-2+. The molecule has 0 heterocycles. The number of ether oxygens (including phenoxy) is 2. The largest absolute Gasteiger partial charge is 0.478 e. The number of carbonyl (C=O) groups is 1. The van der Waals surface area contributed by atoms with Crippen LogP contribution in [0.2, 0.25) is 0 Å². The zero-order chi connectivity index (χ0) is 14.4. The third-order valence-electron chi connectivity index (χ3n) is 1.83. The van der Waals surface area contributed by atoms with Crippen LogP contribution in [0.3, 0.4) is 0 Å². The van der Waals surface area contributed by atoms with E-state index in [9.17, 15) is 22.4 Å². The number of hydrogen-bond acceptors (Lipinski definition) is 3. The summed E-state index contributed by atoms with van der Waals surface area (Å²) in [6, 6.07) is 3.01. The normalized spacial score (nSPS) is 11.3. The van der Waals surface area contributed by atoms with E-state index in [2.05, 4.69) is 9.47 Å². The highest BCUT2D eigenvalue weighted by atomic mass is 19.3. The van der Waals surface area contributed by atoms with Crippen LogP contribution < -0.4 is 9.47 Å². The Morgan fingerprint density at radius 1 is 1.16 bits per heavy atom. The zero-order valence-electron chi connectivity index (χ0n) is 9.23. The van der Waals surface area contributed by atoms with Gasteiger partial charge in [0.05, 0.1) is 0 Å². The Morgan fingerprint density at radius 3 is 2.32 bits per heavy atom. The predicted octanol–water partition coefficient (Wildman–Crippen LogP) is 2.99. The van der Waals surface area contributed by atoms with Crippen LogP contribution in [0.4, 0.5) is 17.6 Å². The third kappa shape index (κ3) is 5.28. The molecule has 0 fully saturated rings. The summed E-state index contributed by atoms with van der Waals surface area (Å²) in [5, 5.41) is 8.42. The molecular formula is C11H8F4O4. The van der Waals surface area contributed by atoms with E-state index < -0.39 is 24.9 Å². The van der Waals surface area contributed by atoms with E-state index >= 15 is 0 Å². The highest BCUT2D eigenvalue weighted by Crippen LogP contribution is 2.28. The maximum absolute atomic E-state index is 12.1. The molecule has 0 aliphatic carbocycles. The van der Waals surface area contributed by atoms with Crippen molar-refractivity contribution in [3.05, 3.63) is 29.8 Å². The fourth-order valence-electron chi connectivity index (χ4n) is 1.19. The van der Waals surface area contributed by atoms with Gasteiger partial charge in [0.25, 0.3) is 0 Å². The topological polar surface area (TPSA) is 55.8 Å². The molecule has 0 saturated heterocycles. The molecule has 19 heavy (non-hydrogen) atoms. The summed E-state index contributed by atoms with van der Waals surface area (Å²) in [6.07, 6.45) is 1.69. The van der Waals surface area contributed by atoms with Gasteiger partial charge in [0.15, 0.2) is 0 Å². The first-order valence-electron chi connectivity index (χ1n) is 4.83. The van der Waals surface area contributed by atoms with Crippen molar-refractivity contribution < 1.29 is 36.9 Å². The van der Waals surface area contributed by atoms with Gasteiger partial charge in [0.2, 0.25) is 0 Å². The lowest BCUT2D eigenvalue weighted by Crippen LogP contribution is -2.05.